The summed E-state index contributed by atoms with van der Waals surface area (Å²) in [5.74, 6) is 1.24. The van der Waals surface area contributed by atoms with Gasteiger partial charge in [-0.05, 0) is 5.56 Å². The first-order valence-corrected chi connectivity index (χ1v) is 6.61. The molecule has 1 aromatic heterocycles. The van der Waals surface area contributed by atoms with E-state index in [1.165, 1.54) is 0 Å². The van der Waals surface area contributed by atoms with Gasteiger partial charge in [-0.3, -0.25) is 4.90 Å². The zero-order chi connectivity index (χ0) is 14.2. The predicted molar refractivity (Wildman–Crippen MR) is 76.1 cm³/mol. The number of aliphatic hydroxyl groups excluding tert-OH is 1. The van der Waals surface area contributed by atoms with Gasteiger partial charge in [-0.2, -0.15) is 4.98 Å². The number of nitrogens with zero attached hydrogens (tertiary/aromatic N) is 3. The van der Waals surface area contributed by atoms with Gasteiger partial charge in [-0.25, -0.2) is 0 Å². The SMILES string of the molecule is C=CCN(CCO)Cc1noc(Cc2ccccc2)n1. The summed E-state index contributed by atoms with van der Waals surface area (Å²) in [7, 11) is 0. The number of hydrogen-bond donors (Lipinski definition) is 1. The van der Waals surface area contributed by atoms with E-state index in [1.807, 2.05) is 35.2 Å². The molecule has 0 saturated carbocycles. The molecule has 0 bridgehead atoms. The van der Waals surface area contributed by atoms with Crippen molar-refractivity contribution in [3.05, 3.63) is 60.3 Å². The van der Waals surface area contributed by atoms with E-state index in [4.69, 9.17) is 9.63 Å². The molecule has 1 N–H and O–H groups in total. The molecule has 2 aromatic rings. The van der Waals surface area contributed by atoms with E-state index < -0.39 is 0 Å². The first kappa shape index (κ1) is 14.4. The molecule has 0 unspecified atom stereocenters. The molecule has 1 aromatic carbocycles. The molecule has 106 valence electrons. The fourth-order valence-electron chi connectivity index (χ4n) is 1.96. The second-order valence-corrected chi connectivity index (χ2v) is 4.51. The average molecular weight is 273 g/mol. The lowest BCUT2D eigenvalue weighted by Crippen LogP contribution is -2.27. The summed E-state index contributed by atoms with van der Waals surface area (Å²) in [6.07, 6.45) is 2.43. The van der Waals surface area contributed by atoms with Crippen molar-refractivity contribution in [3.63, 3.8) is 0 Å². The number of benzene rings is 1. The molecular formula is C15H19N3O2. The molecular weight excluding hydrogens is 254 g/mol. The largest absolute Gasteiger partial charge is 0.395 e. The van der Waals surface area contributed by atoms with E-state index in [0.717, 1.165) is 5.56 Å². The number of aliphatic hydroxyl groups is 1. The fraction of sp³-hybridized carbons (Fsp3) is 0.333. The minimum atomic E-state index is 0.0998. The maximum Gasteiger partial charge on any atom is 0.231 e. The van der Waals surface area contributed by atoms with Gasteiger partial charge >= 0.3 is 0 Å². The third-order valence-corrected chi connectivity index (χ3v) is 2.88. The van der Waals surface area contributed by atoms with Crippen molar-refractivity contribution in [1.82, 2.24) is 15.0 Å². The Kier molecular flexibility index (Phi) is 5.46. The van der Waals surface area contributed by atoms with Gasteiger partial charge in [0, 0.05) is 13.1 Å². The van der Waals surface area contributed by atoms with Gasteiger partial charge in [-0.1, -0.05) is 41.6 Å². The average Bonchev–Trinajstić information content (AvgIpc) is 2.88. The molecule has 0 amide bonds. The van der Waals surface area contributed by atoms with Crippen molar-refractivity contribution >= 4 is 0 Å². The summed E-state index contributed by atoms with van der Waals surface area (Å²) in [5.41, 5.74) is 1.14. The molecule has 0 atom stereocenters. The zero-order valence-electron chi connectivity index (χ0n) is 11.4. The van der Waals surface area contributed by atoms with Crippen molar-refractivity contribution in [1.29, 1.82) is 0 Å². The normalized spacial score (nSPS) is 10.9. The summed E-state index contributed by atoms with van der Waals surface area (Å²) >= 11 is 0. The smallest absolute Gasteiger partial charge is 0.231 e. The highest BCUT2D eigenvalue weighted by Gasteiger charge is 2.11. The lowest BCUT2D eigenvalue weighted by Gasteiger charge is -2.16. The molecule has 5 heteroatoms. The lowest BCUT2D eigenvalue weighted by molar-refractivity contribution is 0.199. The van der Waals surface area contributed by atoms with Gasteiger partial charge in [0.2, 0.25) is 5.89 Å². The third-order valence-electron chi connectivity index (χ3n) is 2.88. The fourth-order valence-corrected chi connectivity index (χ4v) is 1.96. The maximum absolute atomic E-state index is 9.00. The van der Waals surface area contributed by atoms with Gasteiger partial charge in [-0.15, -0.1) is 6.58 Å². The van der Waals surface area contributed by atoms with Crippen molar-refractivity contribution in [2.24, 2.45) is 0 Å². The predicted octanol–water partition coefficient (Wildman–Crippen LogP) is 1.64. The van der Waals surface area contributed by atoms with Crippen LogP contribution < -0.4 is 0 Å². The Hall–Kier alpha value is -1.98. The van der Waals surface area contributed by atoms with Crippen LogP contribution >= 0.6 is 0 Å². The van der Waals surface area contributed by atoms with Crippen LogP contribution in [0, 0.1) is 0 Å². The highest BCUT2D eigenvalue weighted by Crippen LogP contribution is 2.08. The first-order valence-electron chi connectivity index (χ1n) is 6.61. The van der Waals surface area contributed by atoms with Crippen LogP contribution in [0.5, 0.6) is 0 Å². The van der Waals surface area contributed by atoms with Gasteiger partial charge in [0.15, 0.2) is 5.82 Å². The summed E-state index contributed by atoms with van der Waals surface area (Å²) in [4.78, 5) is 6.38. The van der Waals surface area contributed by atoms with Gasteiger partial charge in [0.25, 0.3) is 0 Å². The quantitative estimate of drug-likeness (QED) is 0.741. The highest BCUT2D eigenvalue weighted by molar-refractivity contribution is 5.17. The Bertz CT molecular complexity index is 525. The van der Waals surface area contributed by atoms with Crippen LogP contribution in [0.1, 0.15) is 17.3 Å². The third kappa shape index (κ3) is 4.29. The first-order chi connectivity index (χ1) is 9.81. The molecule has 5 nitrogen and oxygen atoms in total. The number of hydrogen-bond acceptors (Lipinski definition) is 5. The lowest BCUT2D eigenvalue weighted by atomic mass is 10.1. The Morgan fingerprint density at radius 2 is 2.10 bits per heavy atom. The molecule has 1 heterocycles. The molecule has 0 aliphatic heterocycles. The van der Waals surface area contributed by atoms with E-state index in [9.17, 15) is 0 Å². The molecule has 0 aliphatic rings. The van der Waals surface area contributed by atoms with Crippen LogP contribution in [0.25, 0.3) is 0 Å². The second-order valence-electron chi connectivity index (χ2n) is 4.51. The molecule has 0 saturated heterocycles. The Labute approximate surface area is 118 Å². The van der Waals surface area contributed by atoms with Crippen molar-refractivity contribution < 1.29 is 9.63 Å². The Balaban J connectivity index is 1.96. The summed E-state index contributed by atoms with van der Waals surface area (Å²) < 4.78 is 5.25. The Morgan fingerprint density at radius 1 is 1.30 bits per heavy atom. The van der Waals surface area contributed by atoms with Crippen LogP contribution in [0.2, 0.25) is 0 Å². The monoisotopic (exact) mass is 273 g/mol. The molecule has 0 spiro atoms. The van der Waals surface area contributed by atoms with E-state index in [0.29, 0.717) is 37.8 Å². The molecule has 0 fully saturated rings. The van der Waals surface area contributed by atoms with Crippen molar-refractivity contribution in [2.45, 2.75) is 13.0 Å². The standard InChI is InChI=1S/C15H19N3O2/c1-2-8-18(9-10-19)12-14-16-15(20-17-14)11-13-6-4-3-5-7-13/h2-7,19H,1,8-12H2. The van der Waals surface area contributed by atoms with Gasteiger partial charge in [0.05, 0.1) is 19.6 Å². The number of aromatic nitrogens is 2. The second kappa shape index (κ2) is 7.57. The van der Waals surface area contributed by atoms with Crippen LogP contribution in [0.15, 0.2) is 47.5 Å². The number of rotatable bonds is 8. The summed E-state index contributed by atoms with van der Waals surface area (Å²) in [6.45, 7) is 5.59. The van der Waals surface area contributed by atoms with Crippen molar-refractivity contribution in [2.75, 3.05) is 19.7 Å². The van der Waals surface area contributed by atoms with Crippen LogP contribution in [-0.2, 0) is 13.0 Å². The van der Waals surface area contributed by atoms with E-state index in [1.54, 1.807) is 6.08 Å². The zero-order valence-corrected chi connectivity index (χ0v) is 11.4. The van der Waals surface area contributed by atoms with Gasteiger partial charge < -0.3 is 9.63 Å². The van der Waals surface area contributed by atoms with E-state index in [2.05, 4.69) is 16.7 Å². The molecule has 20 heavy (non-hydrogen) atoms. The minimum Gasteiger partial charge on any atom is -0.395 e. The summed E-state index contributed by atoms with van der Waals surface area (Å²) in [6, 6.07) is 10.0. The van der Waals surface area contributed by atoms with E-state index >= 15 is 0 Å². The topological polar surface area (TPSA) is 62.4 Å². The Morgan fingerprint density at radius 3 is 2.80 bits per heavy atom. The minimum absolute atomic E-state index is 0.0998. The molecule has 0 aliphatic carbocycles. The van der Waals surface area contributed by atoms with Crippen molar-refractivity contribution in [3.8, 4) is 0 Å². The molecule has 0 radical (unpaired) electrons. The highest BCUT2D eigenvalue weighted by atomic mass is 16.5. The van der Waals surface area contributed by atoms with Gasteiger partial charge in [0.1, 0.15) is 0 Å². The van der Waals surface area contributed by atoms with Crippen LogP contribution in [0.3, 0.4) is 0 Å². The van der Waals surface area contributed by atoms with Crippen LogP contribution in [-0.4, -0.2) is 39.8 Å². The maximum atomic E-state index is 9.00. The molecule has 2 rings (SSSR count). The summed E-state index contributed by atoms with van der Waals surface area (Å²) in [5, 5.41) is 13.0. The van der Waals surface area contributed by atoms with Crippen LogP contribution in [0.4, 0.5) is 0 Å². The van der Waals surface area contributed by atoms with E-state index in [-0.39, 0.29) is 6.61 Å².